The van der Waals surface area contributed by atoms with Gasteiger partial charge in [-0.3, -0.25) is 4.79 Å². The maximum Gasteiger partial charge on any atom is 0.201 e. The van der Waals surface area contributed by atoms with Crippen molar-refractivity contribution in [2.45, 2.75) is 0 Å². The fourth-order valence-electron chi connectivity index (χ4n) is 1.40. The molecule has 0 spiro atoms. The average molecular weight is 211 g/mol. The number of aliphatic hydroxyl groups is 1. The first-order valence-electron chi connectivity index (χ1n) is 4.06. The average Bonchev–Trinajstić information content (AvgIpc) is 2.68. The summed E-state index contributed by atoms with van der Waals surface area (Å²) in [5, 5.41) is 18.4. The molecule has 2 aromatic heterocycles. The van der Waals surface area contributed by atoms with E-state index in [1.165, 1.54) is 11.3 Å². The number of aryl methyl sites for hydroxylation is 1. The van der Waals surface area contributed by atoms with Gasteiger partial charge in [0.05, 0.1) is 4.70 Å². The summed E-state index contributed by atoms with van der Waals surface area (Å²) >= 11 is 1.20. The molecule has 0 bridgehead atoms. The van der Waals surface area contributed by atoms with Crippen molar-refractivity contribution in [2.75, 3.05) is 6.61 Å². The number of hydrogen-bond acceptors (Lipinski definition) is 4. The molecule has 74 valence electrons. The van der Waals surface area contributed by atoms with Crippen molar-refractivity contribution >= 4 is 27.3 Å². The maximum atomic E-state index is 11.2. The molecule has 0 unspecified atom stereocenters. The predicted molar refractivity (Wildman–Crippen MR) is 53.9 cm³/mol. The van der Waals surface area contributed by atoms with Crippen molar-refractivity contribution in [3.05, 3.63) is 17.1 Å². The molecule has 0 fully saturated rings. The topological polar surface area (TPSA) is 62.5 Å². The van der Waals surface area contributed by atoms with Gasteiger partial charge in [-0.2, -0.15) is 0 Å². The molecule has 2 rings (SSSR count). The Morgan fingerprint density at radius 1 is 1.64 bits per heavy atom. The molecular formula is C9H9NO3S. The van der Waals surface area contributed by atoms with E-state index in [2.05, 4.69) is 0 Å². The van der Waals surface area contributed by atoms with E-state index in [9.17, 15) is 9.90 Å². The summed E-state index contributed by atoms with van der Waals surface area (Å²) in [6, 6.07) is 1.83. The zero-order valence-corrected chi connectivity index (χ0v) is 8.34. The van der Waals surface area contributed by atoms with E-state index in [0.717, 1.165) is 4.70 Å². The number of ketones is 1. The van der Waals surface area contributed by atoms with Gasteiger partial charge < -0.3 is 14.8 Å². The smallest absolute Gasteiger partial charge is 0.201 e. The molecule has 14 heavy (non-hydrogen) atoms. The number of aromatic nitrogens is 1. The summed E-state index contributed by atoms with van der Waals surface area (Å²) in [5.74, 6) is -0.472. The van der Waals surface area contributed by atoms with Crippen molar-refractivity contribution < 1.29 is 15.0 Å². The number of carbonyl (C=O) groups is 1. The second-order valence-corrected chi connectivity index (χ2v) is 4.05. The quantitative estimate of drug-likeness (QED) is 0.732. The molecule has 0 aliphatic rings. The Kier molecular flexibility index (Phi) is 2.05. The lowest BCUT2D eigenvalue weighted by molar-refractivity contribution is 0.0905. The van der Waals surface area contributed by atoms with E-state index < -0.39 is 12.4 Å². The third-order valence-electron chi connectivity index (χ3n) is 2.08. The first-order chi connectivity index (χ1) is 6.65. The van der Waals surface area contributed by atoms with Crippen molar-refractivity contribution in [3.63, 3.8) is 0 Å². The number of rotatable bonds is 2. The normalized spacial score (nSPS) is 11.0. The number of hydrogen-bond donors (Lipinski definition) is 2. The molecule has 0 saturated heterocycles. The minimum absolute atomic E-state index is 0.0310. The molecule has 0 aliphatic heterocycles. The van der Waals surface area contributed by atoms with Crippen LogP contribution >= 0.6 is 11.3 Å². The van der Waals surface area contributed by atoms with Gasteiger partial charge in [-0.15, -0.1) is 11.3 Å². The van der Waals surface area contributed by atoms with Gasteiger partial charge in [-0.1, -0.05) is 0 Å². The van der Waals surface area contributed by atoms with E-state index in [0.29, 0.717) is 5.52 Å². The summed E-state index contributed by atoms with van der Waals surface area (Å²) in [4.78, 5) is 11.4. The van der Waals surface area contributed by atoms with Crippen LogP contribution in [0.4, 0.5) is 0 Å². The van der Waals surface area contributed by atoms with E-state index >= 15 is 0 Å². The number of thiophene rings is 1. The number of aliphatic hydroxyl groups excluding tert-OH is 1. The van der Waals surface area contributed by atoms with Crippen molar-refractivity contribution in [2.24, 2.45) is 7.05 Å². The summed E-state index contributed by atoms with van der Waals surface area (Å²) in [6.07, 6.45) is 1.81. The molecule has 2 heterocycles. The van der Waals surface area contributed by atoms with Crippen LogP contribution in [0.3, 0.4) is 0 Å². The Balaban J connectivity index is 2.69. The van der Waals surface area contributed by atoms with Gasteiger partial charge >= 0.3 is 0 Å². The summed E-state index contributed by atoms with van der Waals surface area (Å²) in [5.41, 5.74) is 0.645. The highest BCUT2D eigenvalue weighted by Gasteiger charge is 2.18. The fraction of sp³-hybridized carbons (Fsp3) is 0.222. The fourth-order valence-corrected chi connectivity index (χ4v) is 2.46. The van der Waals surface area contributed by atoms with Crippen LogP contribution in [0, 0.1) is 0 Å². The zero-order valence-electron chi connectivity index (χ0n) is 7.52. The number of aromatic hydroxyl groups is 1. The number of carbonyl (C=O) groups excluding carboxylic acids is 1. The highest BCUT2D eigenvalue weighted by molar-refractivity contribution is 7.21. The highest BCUT2D eigenvalue weighted by Crippen LogP contribution is 2.37. The van der Waals surface area contributed by atoms with Gasteiger partial charge in [0.2, 0.25) is 5.78 Å². The molecule has 0 saturated carbocycles. The molecule has 5 heteroatoms. The van der Waals surface area contributed by atoms with Gasteiger partial charge in [0.25, 0.3) is 0 Å². The first kappa shape index (κ1) is 9.23. The zero-order chi connectivity index (χ0) is 10.3. The Labute approximate surface area is 84.0 Å². The van der Waals surface area contributed by atoms with Gasteiger partial charge in [-0.25, -0.2) is 0 Å². The minimum Gasteiger partial charge on any atom is -0.504 e. The molecule has 0 atom stereocenters. The molecule has 4 nitrogen and oxygen atoms in total. The Morgan fingerprint density at radius 3 is 2.93 bits per heavy atom. The molecule has 2 aromatic rings. The minimum atomic E-state index is -0.569. The van der Waals surface area contributed by atoms with Gasteiger partial charge in [-0.05, 0) is 6.07 Å². The number of Topliss-reactive ketones (excluding diaryl/α,β-unsaturated/α-hetero) is 1. The van der Waals surface area contributed by atoms with Crippen LogP contribution in [0.25, 0.3) is 10.2 Å². The van der Waals surface area contributed by atoms with Crippen molar-refractivity contribution in [3.8, 4) is 5.75 Å². The van der Waals surface area contributed by atoms with E-state index in [1.54, 1.807) is 11.6 Å². The van der Waals surface area contributed by atoms with E-state index in [1.807, 2.05) is 12.3 Å². The monoisotopic (exact) mass is 211 g/mol. The van der Waals surface area contributed by atoms with E-state index in [4.69, 9.17) is 5.11 Å². The standard InChI is InChI=1S/C9H9NO3S/c1-10-3-2-6-7(10)8(13)9(14-6)5(12)4-11/h2-3,11,13H,4H2,1H3. The molecular weight excluding hydrogens is 202 g/mol. The van der Waals surface area contributed by atoms with Gasteiger partial charge in [0.1, 0.15) is 17.0 Å². The molecule has 0 aromatic carbocycles. The lowest BCUT2D eigenvalue weighted by Gasteiger charge is -1.95. The van der Waals surface area contributed by atoms with Crippen LogP contribution in [0.15, 0.2) is 12.3 Å². The predicted octanol–water partition coefficient (Wildman–Crippen LogP) is 1.12. The van der Waals surface area contributed by atoms with Crippen LogP contribution < -0.4 is 0 Å². The molecule has 2 N–H and O–H groups in total. The third kappa shape index (κ3) is 1.13. The Bertz CT molecular complexity index is 497. The summed E-state index contributed by atoms with van der Waals surface area (Å²) in [7, 11) is 1.79. The van der Waals surface area contributed by atoms with Crippen molar-refractivity contribution in [1.82, 2.24) is 4.57 Å². The lowest BCUT2D eigenvalue weighted by Crippen LogP contribution is -2.01. The molecule has 0 amide bonds. The van der Waals surface area contributed by atoms with E-state index in [-0.39, 0.29) is 10.6 Å². The second kappa shape index (κ2) is 3.11. The SMILES string of the molecule is Cn1ccc2sc(C(=O)CO)c(O)c21. The van der Waals surface area contributed by atoms with Crippen LogP contribution in [-0.4, -0.2) is 27.2 Å². The maximum absolute atomic E-state index is 11.2. The van der Waals surface area contributed by atoms with Crippen LogP contribution in [0.5, 0.6) is 5.75 Å². The van der Waals surface area contributed by atoms with Crippen LogP contribution in [0.1, 0.15) is 9.67 Å². The summed E-state index contributed by atoms with van der Waals surface area (Å²) in [6.45, 7) is -0.569. The number of fused-ring (bicyclic) bond motifs is 1. The number of nitrogens with zero attached hydrogens (tertiary/aromatic N) is 1. The lowest BCUT2D eigenvalue weighted by atomic mass is 10.3. The van der Waals surface area contributed by atoms with Gasteiger partial charge in [0, 0.05) is 13.2 Å². The first-order valence-corrected chi connectivity index (χ1v) is 4.87. The van der Waals surface area contributed by atoms with Crippen molar-refractivity contribution in [1.29, 1.82) is 0 Å². The second-order valence-electron chi connectivity index (χ2n) is 3.00. The third-order valence-corrected chi connectivity index (χ3v) is 3.26. The molecule has 0 radical (unpaired) electrons. The van der Waals surface area contributed by atoms with Gasteiger partial charge in [0.15, 0.2) is 5.75 Å². The van der Waals surface area contributed by atoms with Crippen LogP contribution in [-0.2, 0) is 7.05 Å². The highest BCUT2D eigenvalue weighted by atomic mass is 32.1. The largest absolute Gasteiger partial charge is 0.504 e. The Morgan fingerprint density at radius 2 is 2.36 bits per heavy atom. The molecule has 0 aliphatic carbocycles. The summed E-state index contributed by atoms with van der Waals surface area (Å²) < 4.78 is 2.59. The van der Waals surface area contributed by atoms with Crippen LogP contribution in [0.2, 0.25) is 0 Å². The Hall–Kier alpha value is -1.33.